The average Bonchev–Trinajstić information content (AvgIpc) is 3.20. The number of rotatable bonds is 5. The van der Waals surface area contributed by atoms with Crippen molar-refractivity contribution >= 4 is 5.69 Å². The summed E-state index contributed by atoms with van der Waals surface area (Å²) >= 11 is 0. The highest BCUT2D eigenvalue weighted by Crippen LogP contribution is 2.25. The van der Waals surface area contributed by atoms with Crippen LogP contribution in [0.15, 0.2) is 59.1 Å². The Morgan fingerprint density at radius 3 is 2.46 bits per heavy atom. The second-order valence-corrected chi connectivity index (χ2v) is 6.18. The first-order valence-corrected chi connectivity index (χ1v) is 8.78. The van der Waals surface area contributed by atoms with Gasteiger partial charge in [-0.2, -0.15) is 4.98 Å². The fourth-order valence-electron chi connectivity index (χ4n) is 2.91. The lowest BCUT2D eigenvalue weighted by molar-refractivity contribution is 0.122. The van der Waals surface area contributed by atoms with Crippen LogP contribution in [0.4, 0.5) is 5.69 Å². The summed E-state index contributed by atoms with van der Waals surface area (Å²) in [6, 6.07) is 17.8. The predicted molar refractivity (Wildman–Crippen MR) is 98.3 cm³/mol. The third-order valence-electron chi connectivity index (χ3n) is 4.35. The summed E-state index contributed by atoms with van der Waals surface area (Å²) in [6.07, 6.45) is -0.314. The Morgan fingerprint density at radius 1 is 1.00 bits per heavy atom. The molecule has 1 unspecified atom stereocenters. The van der Waals surface area contributed by atoms with Crippen LogP contribution in [-0.2, 0) is 4.74 Å². The maximum absolute atomic E-state index is 5.83. The lowest BCUT2D eigenvalue weighted by Gasteiger charge is -2.28. The van der Waals surface area contributed by atoms with E-state index in [2.05, 4.69) is 27.2 Å². The Labute approximate surface area is 152 Å². The van der Waals surface area contributed by atoms with E-state index in [-0.39, 0.29) is 6.10 Å². The molecule has 0 radical (unpaired) electrons. The van der Waals surface area contributed by atoms with Crippen molar-refractivity contribution in [1.29, 1.82) is 0 Å². The molecule has 6 heteroatoms. The minimum atomic E-state index is -0.314. The van der Waals surface area contributed by atoms with Crippen molar-refractivity contribution in [3.63, 3.8) is 0 Å². The lowest BCUT2D eigenvalue weighted by Crippen LogP contribution is -2.36. The van der Waals surface area contributed by atoms with Gasteiger partial charge in [-0.3, -0.25) is 0 Å². The number of benzene rings is 2. The van der Waals surface area contributed by atoms with E-state index < -0.39 is 0 Å². The number of aromatic nitrogens is 2. The highest BCUT2D eigenvalue weighted by atomic mass is 16.5. The highest BCUT2D eigenvalue weighted by molar-refractivity contribution is 5.60. The van der Waals surface area contributed by atoms with Gasteiger partial charge < -0.3 is 18.9 Å². The van der Waals surface area contributed by atoms with Crippen molar-refractivity contribution < 1.29 is 14.0 Å². The largest absolute Gasteiger partial charge is 0.481 e. The molecule has 0 aliphatic carbocycles. The van der Waals surface area contributed by atoms with Gasteiger partial charge in [0.1, 0.15) is 5.75 Å². The molecule has 3 aromatic rings. The van der Waals surface area contributed by atoms with Crippen LogP contribution in [0.3, 0.4) is 0 Å². The summed E-state index contributed by atoms with van der Waals surface area (Å²) in [5, 5.41) is 4.09. The minimum Gasteiger partial charge on any atom is -0.481 e. The van der Waals surface area contributed by atoms with Crippen LogP contribution in [0, 0.1) is 0 Å². The second-order valence-electron chi connectivity index (χ2n) is 6.18. The molecule has 0 saturated carbocycles. The topological polar surface area (TPSA) is 60.6 Å². The molecule has 1 aromatic heterocycles. The number of morpholine rings is 1. The Bertz CT molecular complexity index is 827. The van der Waals surface area contributed by atoms with Gasteiger partial charge >= 0.3 is 0 Å². The van der Waals surface area contributed by atoms with Crippen LogP contribution in [-0.4, -0.2) is 36.4 Å². The van der Waals surface area contributed by atoms with Crippen LogP contribution < -0.4 is 9.64 Å². The number of nitrogens with zero attached hydrogens (tertiary/aromatic N) is 3. The van der Waals surface area contributed by atoms with Crippen molar-refractivity contribution in [2.45, 2.75) is 13.0 Å². The van der Waals surface area contributed by atoms with Crippen molar-refractivity contribution in [3.05, 3.63) is 60.5 Å². The van der Waals surface area contributed by atoms with Crippen molar-refractivity contribution in [3.8, 4) is 17.1 Å². The molecule has 0 bridgehead atoms. The summed E-state index contributed by atoms with van der Waals surface area (Å²) < 4.78 is 16.6. The molecule has 0 N–H and O–H groups in total. The molecule has 2 heterocycles. The summed E-state index contributed by atoms with van der Waals surface area (Å²) in [5.41, 5.74) is 2.10. The number of hydrogen-bond donors (Lipinski definition) is 0. The zero-order valence-corrected chi connectivity index (χ0v) is 14.7. The first-order chi connectivity index (χ1) is 12.8. The van der Waals surface area contributed by atoms with Crippen LogP contribution in [0.1, 0.15) is 18.9 Å². The molecule has 1 saturated heterocycles. The van der Waals surface area contributed by atoms with Crippen LogP contribution in [0.2, 0.25) is 0 Å². The third kappa shape index (κ3) is 3.70. The molecule has 4 rings (SSSR count). The fourth-order valence-corrected chi connectivity index (χ4v) is 2.91. The number of para-hydroxylation sites is 1. The average molecular weight is 351 g/mol. The Morgan fingerprint density at radius 2 is 1.73 bits per heavy atom. The number of anilines is 1. The molecule has 1 aliphatic heterocycles. The van der Waals surface area contributed by atoms with Gasteiger partial charge in [-0.25, -0.2) is 0 Å². The minimum absolute atomic E-state index is 0.314. The van der Waals surface area contributed by atoms with Crippen molar-refractivity contribution in [2.24, 2.45) is 0 Å². The zero-order chi connectivity index (χ0) is 17.8. The standard InChI is InChI=1S/C20H21N3O3/c1-15(25-18-5-3-2-4-6-18)20-21-19(22-26-20)16-7-9-17(10-8-16)23-11-13-24-14-12-23/h2-10,15H,11-14H2,1H3. The molecule has 26 heavy (non-hydrogen) atoms. The summed E-state index contributed by atoms with van der Waals surface area (Å²) in [7, 11) is 0. The molecule has 134 valence electrons. The van der Waals surface area contributed by atoms with Crippen LogP contribution in [0.25, 0.3) is 11.4 Å². The quantitative estimate of drug-likeness (QED) is 0.698. The molecule has 0 spiro atoms. The Kier molecular flexibility index (Phi) is 4.84. The van der Waals surface area contributed by atoms with E-state index in [0.717, 1.165) is 37.6 Å². The second kappa shape index (κ2) is 7.58. The molecule has 1 atom stereocenters. The monoisotopic (exact) mass is 351 g/mol. The Hall–Kier alpha value is -2.86. The van der Waals surface area contributed by atoms with E-state index in [4.69, 9.17) is 14.0 Å². The molecule has 0 amide bonds. The van der Waals surface area contributed by atoms with Gasteiger partial charge in [-0.15, -0.1) is 0 Å². The van der Waals surface area contributed by atoms with Gasteiger partial charge in [0.25, 0.3) is 5.89 Å². The van der Waals surface area contributed by atoms with E-state index >= 15 is 0 Å². The van der Waals surface area contributed by atoms with Gasteiger partial charge in [0.05, 0.1) is 13.2 Å². The van der Waals surface area contributed by atoms with Gasteiger partial charge in [-0.05, 0) is 43.3 Å². The molecule has 6 nitrogen and oxygen atoms in total. The van der Waals surface area contributed by atoms with E-state index in [1.54, 1.807) is 0 Å². The zero-order valence-electron chi connectivity index (χ0n) is 14.7. The van der Waals surface area contributed by atoms with Gasteiger partial charge in [0, 0.05) is 24.3 Å². The maximum Gasteiger partial charge on any atom is 0.267 e. The summed E-state index contributed by atoms with van der Waals surface area (Å²) in [4.78, 5) is 6.79. The summed E-state index contributed by atoms with van der Waals surface area (Å²) in [5.74, 6) is 1.80. The SMILES string of the molecule is CC(Oc1ccccc1)c1nc(-c2ccc(N3CCOCC3)cc2)no1. The van der Waals surface area contributed by atoms with Gasteiger partial charge in [-0.1, -0.05) is 23.4 Å². The number of hydrogen-bond acceptors (Lipinski definition) is 6. The predicted octanol–water partition coefficient (Wildman–Crippen LogP) is 3.71. The van der Waals surface area contributed by atoms with Gasteiger partial charge in [0.15, 0.2) is 6.10 Å². The molecule has 2 aromatic carbocycles. The Balaban J connectivity index is 1.45. The summed E-state index contributed by atoms with van der Waals surface area (Å²) in [6.45, 7) is 5.27. The van der Waals surface area contributed by atoms with E-state index in [1.807, 2.05) is 49.4 Å². The van der Waals surface area contributed by atoms with Crippen molar-refractivity contribution in [1.82, 2.24) is 10.1 Å². The first-order valence-electron chi connectivity index (χ1n) is 8.78. The van der Waals surface area contributed by atoms with E-state index in [0.29, 0.717) is 11.7 Å². The lowest BCUT2D eigenvalue weighted by atomic mass is 10.2. The smallest absolute Gasteiger partial charge is 0.267 e. The van der Waals surface area contributed by atoms with Crippen molar-refractivity contribution in [2.75, 3.05) is 31.2 Å². The molecule has 1 aliphatic rings. The fraction of sp³-hybridized carbons (Fsp3) is 0.300. The van der Waals surface area contributed by atoms with E-state index in [9.17, 15) is 0 Å². The maximum atomic E-state index is 5.83. The van der Waals surface area contributed by atoms with Gasteiger partial charge in [0.2, 0.25) is 5.82 Å². The van der Waals surface area contributed by atoms with Crippen LogP contribution >= 0.6 is 0 Å². The molecule has 1 fully saturated rings. The first kappa shape index (κ1) is 16.6. The normalized spacial score (nSPS) is 15.7. The molecular formula is C20H21N3O3. The number of ether oxygens (including phenoxy) is 2. The van der Waals surface area contributed by atoms with Crippen LogP contribution in [0.5, 0.6) is 5.75 Å². The molecular weight excluding hydrogens is 330 g/mol. The third-order valence-corrected chi connectivity index (χ3v) is 4.35. The van der Waals surface area contributed by atoms with E-state index in [1.165, 1.54) is 5.69 Å². The highest BCUT2D eigenvalue weighted by Gasteiger charge is 2.17.